The molecule has 2 N–H and O–H groups in total. The lowest BCUT2D eigenvalue weighted by Gasteiger charge is -2.27. The second-order valence-corrected chi connectivity index (χ2v) is 7.81. The van der Waals surface area contributed by atoms with Crippen LogP contribution in [-0.2, 0) is 14.8 Å². The fraction of sp³-hybridized carbons (Fsp3) is 0.375. The number of anilines is 2. The molecule has 3 rings (SSSR count). The van der Waals surface area contributed by atoms with Crippen molar-refractivity contribution in [1.82, 2.24) is 5.16 Å². The quantitative estimate of drug-likeness (QED) is 0.859. The van der Waals surface area contributed by atoms with Crippen LogP contribution in [0.15, 0.2) is 16.7 Å². The number of carbonyl (C=O) groups excluding carboxylic acids is 1. The summed E-state index contributed by atoms with van der Waals surface area (Å²) in [6, 6.07) is 3.30. The smallest absolute Gasteiger partial charge is 0.229 e. The molecule has 0 spiro atoms. The maximum absolute atomic E-state index is 12.2. The number of hydrogen-bond donors (Lipinski definition) is 2. The summed E-state index contributed by atoms with van der Waals surface area (Å²) in [6.45, 7) is 3.61. The minimum atomic E-state index is -3.48. The van der Waals surface area contributed by atoms with E-state index < -0.39 is 10.0 Å². The third-order valence-electron chi connectivity index (χ3n) is 4.14. The van der Waals surface area contributed by atoms with Crippen molar-refractivity contribution < 1.29 is 22.5 Å². The van der Waals surface area contributed by atoms with Crippen LogP contribution in [0.4, 0.5) is 11.4 Å². The third kappa shape index (κ3) is 3.32. The van der Waals surface area contributed by atoms with Gasteiger partial charge in [0.25, 0.3) is 0 Å². The Morgan fingerprint density at radius 2 is 2.08 bits per heavy atom. The zero-order valence-corrected chi connectivity index (χ0v) is 15.2. The predicted molar refractivity (Wildman–Crippen MR) is 92.5 cm³/mol. The minimum absolute atomic E-state index is 0.136. The van der Waals surface area contributed by atoms with Gasteiger partial charge in [0.1, 0.15) is 11.5 Å². The van der Waals surface area contributed by atoms with E-state index in [9.17, 15) is 13.2 Å². The summed E-state index contributed by atoms with van der Waals surface area (Å²) >= 11 is 0. The highest BCUT2D eigenvalue weighted by Crippen LogP contribution is 2.43. The van der Waals surface area contributed by atoms with Gasteiger partial charge in [-0.3, -0.25) is 9.52 Å². The van der Waals surface area contributed by atoms with Crippen molar-refractivity contribution in [3.8, 4) is 5.75 Å². The number of hydrogen-bond acceptors (Lipinski definition) is 6. The Kier molecular flexibility index (Phi) is 4.19. The van der Waals surface area contributed by atoms with Gasteiger partial charge < -0.3 is 14.6 Å². The number of ether oxygens (including phenoxy) is 1. The highest BCUT2D eigenvalue weighted by atomic mass is 32.2. The Morgan fingerprint density at radius 3 is 2.64 bits per heavy atom. The number of amides is 1. The lowest BCUT2D eigenvalue weighted by atomic mass is 9.83. The van der Waals surface area contributed by atoms with Gasteiger partial charge in [-0.2, -0.15) is 0 Å². The number of aromatic nitrogens is 1. The van der Waals surface area contributed by atoms with Crippen molar-refractivity contribution in [1.29, 1.82) is 0 Å². The molecular weight excluding hydrogens is 346 g/mol. The maximum atomic E-state index is 12.2. The number of benzene rings is 1. The molecule has 1 amide bonds. The van der Waals surface area contributed by atoms with Crippen molar-refractivity contribution in [2.24, 2.45) is 0 Å². The second kappa shape index (κ2) is 6.07. The van der Waals surface area contributed by atoms with E-state index in [1.165, 1.54) is 7.11 Å². The molecule has 1 atom stereocenters. The van der Waals surface area contributed by atoms with Crippen LogP contribution in [0, 0.1) is 13.8 Å². The molecule has 0 bridgehead atoms. The molecule has 2 aromatic rings. The van der Waals surface area contributed by atoms with E-state index >= 15 is 0 Å². The average Bonchev–Trinajstić information content (AvgIpc) is 2.83. The van der Waals surface area contributed by atoms with E-state index in [-0.39, 0.29) is 18.2 Å². The number of rotatable bonds is 4. The summed E-state index contributed by atoms with van der Waals surface area (Å²) in [5.74, 6) is 0.546. The highest BCUT2D eigenvalue weighted by molar-refractivity contribution is 7.92. The first kappa shape index (κ1) is 17.3. The van der Waals surface area contributed by atoms with E-state index in [4.69, 9.17) is 9.26 Å². The SMILES string of the molecule is COc1cc2c(cc1NS(C)(=O)=O)[C@@H](c1c(C)noc1C)CC(=O)N2. The fourth-order valence-corrected chi connectivity index (χ4v) is 3.74. The molecule has 0 unspecified atom stereocenters. The Morgan fingerprint density at radius 1 is 1.36 bits per heavy atom. The van der Waals surface area contributed by atoms with Gasteiger partial charge in [-0.15, -0.1) is 0 Å². The predicted octanol–water partition coefficient (Wildman–Crippen LogP) is 2.15. The number of aryl methyl sites for hydroxylation is 2. The molecule has 25 heavy (non-hydrogen) atoms. The molecule has 0 aliphatic carbocycles. The number of nitrogens with one attached hydrogen (secondary N) is 2. The van der Waals surface area contributed by atoms with Crippen LogP contribution in [0.1, 0.15) is 34.9 Å². The van der Waals surface area contributed by atoms with Gasteiger partial charge in [-0.25, -0.2) is 8.42 Å². The van der Waals surface area contributed by atoms with Crippen LogP contribution >= 0.6 is 0 Å². The van der Waals surface area contributed by atoms with Crippen LogP contribution in [0.5, 0.6) is 5.75 Å². The Hall–Kier alpha value is -2.55. The molecule has 134 valence electrons. The van der Waals surface area contributed by atoms with Crippen LogP contribution in [0.2, 0.25) is 0 Å². The van der Waals surface area contributed by atoms with Gasteiger partial charge in [-0.1, -0.05) is 5.16 Å². The highest BCUT2D eigenvalue weighted by Gasteiger charge is 2.32. The number of sulfonamides is 1. The Balaban J connectivity index is 2.19. The Labute approximate surface area is 145 Å². The van der Waals surface area contributed by atoms with Gasteiger partial charge in [0.05, 0.1) is 24.7 Å². The topological polar surface area (TPSA) is 111 Å². The minimum Gasteiger partial charge on any atom is -0.494 e. The van der Waals surface area contributed by atoms with E-state index in [0.29, 0.717) is 28.6 Å². The van der Waals surface area contributed by atoms with E-state index in [1.807, 2.05) is 6.92 Å². The van der Waals surface area contributed by atoms with Crippen LogP contribution in [0.25, 0.3) is 0 Å². The first-order valence-corrected chi connectivity index (χ1v) is 9.51. The van der Waals surface area contributed by atoms with Gasteiger partial charge >= 0.3 is 0 Å². The van der Waals surface area contributed by atoms with Crippen LogP contribution in [-0.4, -0.2) is 32.8 Å². The molecule has 0 saturated carbocycles. The summed E-state index contributed by atoms with van der Waals surface area (Å²) < 4.78 is 36.2. The van der Waals surface area contributed by atoms with Crippen molar-refractivity contribution in [3.63, 3.8) is 0 Å². The first-order valence-electron chi connectivity index (χ1n) is 7.62. The number of nitrogens with zero attached hydrogens (tertiary/aromatic N) is 1. The summed E-state index contributed by atoms with van der Waals surface area (Å²) in [5, 5.41) is 6.77. The van der Waals surface area contributed by atoms with Crippen molar-refractivity contribution in [3.05, 3.63) is 34.7 Å². The molecule has 1 aromatic heterocycles. The summed E-state index contributed by atoms with van der Waals surface area (Å²) in [6.07, 6.45) is 1.29. The van der Waals surface area contributed by atoms with Gasteiger partial charge in [-0.05, 0) is 25.5 Å². The molecule has 8 nitrogen and oxygen atoms in total. The third-order valence-corrected chi connectivity index (χ3v) is 4.73. The van der Waals surface area contributed by atoms with E-state index in [1.54, 1.807) is 19.1 Å². The largest absolute Gasteiger partial charge is 0.494 e. The normalized spacial score (nSPS) is 17.0. The van der Waals surface area contributed by atoms with E-state index in [2.05, 4.69) is 15.2 Å². The van der Waals surface area contributed by atoms with Crippen LogP contribution in [0.3, 0.4) is 0 Å². The van der Waals surface area contributed by atoms with Gasteiger partial charge in [0, 0.05) is 29.7 Å². The number of fused-ring (bicyclic) bond motifs is 1. The lowest BCUT2D eigenvalue weighted by molar-refractivity contribution is -0.116. The summed E-state index contributed by atoms with van der Waals surface area (Å²) in [4.78, 5) is 12.2. The average molecular weight is 365 g/mol. The summed E-state index contributed by atoms with van der Waals surface area (Å²) in [7, 11) is -2.05. The zero-order chi connectivity index (χ0) is 18.4. The zero-order valence-electron chi connectivity index (χ0n) is 14.3. The number of carbonyl (C=O) groups is 1. The van der Waals surface area contributed by atoms with Crippen molar-refractivity contribution in [2.45, 2.75) is 26.2 Å². The summed E-state index contributed by atoms with van der Waals surface area (Å²) in [5.41, 5.74) is 3.22. The molecule has 1 aliphatic rings. The maximum Gasteiger partial charge on any atom is 0.229 e. The lowest BCUT2D eigenvalue weighted by Crippen LogP contribution is -2.24. The molecule has 1 aromatic carbocycles. The molecule has 0 radical (unpaired) electrons. The molecular formula is C16H19N3O5S. The molecule has 9 heteroatoms. The van der Waals surface area contributed by atoms with E-state index in [0.717, 1.165) is 17.4 Å². The van der Waals surface area contributed by atoms with Crippen molar-refractivity contribution >= 4 is 27.3 Å². The molecule has 1 aliphatic heterocycles. The monoisotopic (exact) mass is 365 g/mol. The van der Waals surface area contributed by atoms with Gasteiger partial charge in [0.2, 0.25) is 15.9 Å². The fourth-order valence-electron chi connectivity index (χ4n) is 3.18. The number of methoxy groups -OCH3 is 1. The molecule has 2 heterocycles. The van der Waals surface area contributed by atoms with Gasteiger partial charge in [0.15, 0.2) is 0 Å². The second-order valence-electron chi connectivity index (χ2n) is 6.06. The molecule has 0 saturated heterocycles. The van der Waals surface area contributed by atoms with Crippen LogP contribution < -0.4 is 14.8 Å². The molecule has 0 fully saturated rings. The van der Waals surface area contributed by atoms with Crippen molar-refractivity contribution in [2.75, 3.05) is 23.4 Å². The Bertz CT molecular complexity index is 929. The first-order chi connectivity index (χ1) is 11.7. The standard InChI is InChI=1S/C16H19N3O5S/c1-8-16(9(2)24-18-8)11-6-15(20)17-12-7-14(23-3)13(5-10(11)12)19-25(4,21)22/h5,7,11,19H,6H2,1-4H3,(H,17,20)/t11-/m0/s1.